The van der Waals surface area contributed by atoms with Crippen molar-refractivity contribution in [2.45, 2.75) is 13.1 Å². The average molecular weight is 319 g/mol. The van der Waals surface area contributed by atoms with E-state index in [4.69, 9.17) is 4.74 Å². The summed E-state index contributed by atoms with van der Waals surface area (Å²) in [6, 6.07) is 13.0. The van der Waals surface area contributed by atoms with Crippen LogP contribution in [0.5, 0.6) is 5.75 Å². The fourth-order valence-corrected chi connectivity index (χ4v) is 6.70. The molecule has 0 saturated heterocycles. The molecule has 0 fully saturated rings. The van der Waals surface area contributed by atoms with Crippen LogP contribution >= 0.6 is 15.9 Å². The minimum absolute atomic E-state index is 0.933. The van der Waals surface area contributed by atoms with Crippen LogP contribution in [0.3, 0.4) is 0 Å². The molecule has 0 amide bonds. The van der Waals surface area contributed by atoms with Gasteiger partial charge in [-0.25, -0.2) is 0 Å². The van der Waals surface area contributed by atoms with Gasteiger partial charge in [-0.2, -0.15) is 0 Å². The van der Waals surface area contributed by atoms with Crippen molar-refractivity contribution in [1.82, 2.24) is 0 Å². The number of methoxy groups -OCH3 is 1. The Kier molecular flexibility index (Phi) is 2.64. The van der Waals surface area contributed by atoms with Crippen molar-refractivity contribution in [2.75, 3.05) is 7.11 Å². The van der Waals surface area contributed by atoms with E-state index in [0.717, 1.165) is 5.75 Å². The highest BCUT2D eigenvalue weighted by Crippen LogP contribution is 2.35. The fraction of sp³-hybridized carbons (Fsp3) is 0.200. The molecular weight excluding hydrogens is 304 g/mol. The summed E-state index contributed by atoms with van der Waals surface area (Å²) < 4.78 is 6.55. The molecule has 0 atom stereocenters. The summed E-state index contributed by atoms with van der Waals surface area (Å²) in [5, 5.41) is 3.02. The van der Waals surface area contributed by atoms with Crippen molar-refractivity contribution in [3.8, 4) is 16.9 Å². The molecule has 0 aromatic heterocycles. The highest BCUT2D eigenvalue weighted by Gasteiger charge is 2.38. The first-order chi connectivity index (χ1) is 8.55. The molecule has 0 spiro atoms. The van der Waals surface area contributed by atoms with Gasteiger partial charge < -0.3 is 4.74 Å². The first-order valence-corrected chi connectivity index (χ1v) is 9.83. The molecule has 0 saturated carbocycles. The average Bonchev–Trinajstić information content (AvgIpc) is 2.59. The van der Waals surface area contributed by atoms with Crippen LogP contribution in [0.1, 0.15) is 0 Å². The number of rotatable bonds is 1. The monoisotopic (exact) mass is 318 g/mol. The Labute approximate surface area is 117 Å². The Hall–Kier alpha value is -1.06. The van der Waals surface area contributed by atoms with Crippen LogP contribution in [-0.4, -0.2) is 15.2 Å². The van der Waals surface area contributed by atoms with E-state index in [0.29, 0.717) is 0 Å². The van der Waals surface area contributed by atoms with Crippen molar-refractivity contribution in [2.24, 2.45) is 0 Å². The van der Waals surface area contributed by atoms with Gasteiger partial charge in [-0.1, -0.05) is 47.2 Å². The summed E-state index contributed by atoms with van der Waals surface area (Å²) in [5.74, 6) is 0.933. The zero-order chi connectivity index (χ0) is 12.9. The van der Waals surface area contributed by atoms with Crippen LogP contribution in [0, 0.1) is 0 Å². The van der Waals surface area contributed by atoms with E-state index in [1.807, 2.05) is 0 Å². The Morgan fingerprint density at radius 2 is 1.83 bits per heavy atom. The van der Waals surface area contributed by atoms with Gasteiger partial charge in [0.05, 0.1) is 7.11 Å². The molecule has 1 nitrogen and oxygen atoms in total. The number of halogens is 1. The standard InChI is InChI=1S/C15H15BrOSi/c1-17-10-7-8-13-11(9-10)15-12(16)5-4-6-14(15)18(13,2)3/h4-9H,1-3H3. The minimum atomic E-state index is -1.53. The SMILES string of the molecule is COc1ccc2c(c1)-c1c(Br)cccc1[Si]2(C)C. The Morgan fingerprint density at radius 3 is 2.56 bits per heavy atom. The van der Waals surface area contributed by atoms with E-state index in [-0.39, 0.29) is 0 Å². The Morgan fingerprint density at radius 1 is 1.06 bits per heavy atom. The first-order valence-electron chi connectivity index (χ1n) is 6.03. The number of fused-ring (bicyclic) bond motifs is 3. The molecule has 1 aliphatic heterocycles. The highest BCUT2D eigenvalue weighted by molar-refractivity contribution is 9.10. The zero-order valence-corrected chi connectivity index (χ0v) is 13.3. The number of benzene rings is 2. The van der Waals surface area contributed by atoms with Gasteiger partial charge in [0.25, 0.3) is 0 Å². The van der Waals surface area contributed by atoms with E-state index in [2.05, 4.69) is 65.4 Å². The molecule has 2 aromatic rings. The van der Waals surface area contributed by atoms with Gasteiger partial charge in [-0.3, -0.25) is 0 Å². The molecule has 0 bridgehead atoms. The third kappa shape index (κ3) is 1.50. The Balaban J connectivity index is 2.38. The van der Waals surface area contributed by atoms with Gasteiger partial charge in [0, 0.05) is 4.47 Å². The summed E-state index contributed by atoms with van der Waals surface area (Å²) in [6.45, 7) is 4.83. The van der Waals surface area contributed by atoms with Crippen molar-refractivity contribution in [1.29, 1.82) is 0 Å². The molecule has 92 valence electrons. The predicted octanol–water partition coefficient (Wildman–Crippen LogP) is 3.26. The quantitative estimate of drug-likeness (QED) is 0.733. The van der Waals surface area contributed by atoms with E-state index in [1.54, 1.807) is 7.11 Å². The number of hydrogen-bond acceptors (Lipinski definition) is 1. The Bertz CT molecular complexity index is 634. The van der Waals surface area contributed by atoms with Gasteiger partial charge in [0.1, 0.15) is 13.8 Å². The van der Waals surface area contributed by atoms with Crippen molar-refractivity contribution >= 4 is 34.4 Å². The lowest BCUT2D eigenvalue weighted by Gasteiger charge is -2.18. The van der Waals surface area contributed by atoms with Gasteiger partial charge >= 0.3 is 0 Å². The predicted molar refractivity (Wildman–Crippen MR) is 82.9 cm³/mol. The van der Waals surface area contributed by atoms with Gasteiger partial charge in [-0.05, 0) is 39.7 Å². The second-order valence-corrected chi connectivity index (χ2v) is 10.4. The number of hydrogen-bond donors (Lipinski definition) is 0. The van der Waals surface area contributed by atoms with Crippen molar-refractivity contribution in [3.05, 3.63) is 40.9 Å². The lowest BCUT2D eigenvalue weighted by molar-refractivity contribution is 0.415. The van der Waals surface area contributed by atoms with Crippen molar-refractivity contribution < 1.29 is 4.74 Å². The van der Waals surface area contributed by atoms with Crippen LogP contribution in [0.15, 0.2) is 40.9 Å². The van der Waals surface area contributed by atoms with Crippen LogP contribution < -0.4 is 15.1 Å². The van der Waals surface area contributed by atoms with E-state index in [9.17, 15) is 0 Å². The van der Waals surface area contributed by atoms with Gasteiger partial charge in [0.2, 0.25) is 0 Å². The van der Waals surface area contributed by atoms with Crippen LogP contribution in [0.2, 0.25) is 13.1 Å². The first kappa shape index (κ1) is 12.0. The molecule has 2 aromatic carbocycles. The molecule has 0 radical (unpaired) electrons. The third-order valence-electron chi connectivity index (χ3n) is 3.86. The van der Waals surface area contributed by atoms with Crippen LogP contribution in [-0.2, 0) is 0 Å². The molecule has 3 heteroatoms. The topological polar surface area (TPSA) is 9.23 Å². The van der Waals surface area contributed by atoms with Gasteiger partial charge in [-0.15, -0.1) is 0 Å². The molecular formula is C15H15BrOSi. The maximum atomic E-state index is 5.36. The zero-order valence-electron chi connectivity index (χ0n) is 10.8. The molecule has 1 aliphatic rings. The lowest BCUT2D eigenvalue weighted by Crippen LogP contribution is -2.49. The molecule has 0 aliphatic carbocycles. The van der Waals surface area contributed by atoms with E-state index >= 15 is 0 Å². The fourth-order valence-electron chi connectivity index (χ4n) is 2.87. The molecule has 18 heavy (non-hydrogen) atoms. The summed E-state index contributed by atoms with van der Waals surface area (Å²) in [4.78, 5) is 0. The molecule has 1 heterocycles. The molecule has 3 rings (SSSR count). The number of ether oxygens (including phenoxy) is 1. The summed E-state index contributed by atoms with van der Waals surface area (Å²) in [6.07, 6.45) is 0. The van der Waals surface area contributed by atoms with Gasteiger partial charge in [0.15, 0.2) is 0 Å². The maximum Gasteiger partial charge on any atom is 0.119 e. The second kappa shape index (κ2) is 3.97. The molecule has 0 unspecified atom stereocenters. The maximum absolute atomic E-state index is 5.36. The highest BCUT2D eigenvalue weighted by atomic mass is 79.9. The second-order valence-electron chi connectivity index (χ2n) is 5.20. The van der Waals surface area contributed by atoms with Crippen molar-refractivity contribution in [3.63, 3.8) is 0 Å². The van der Waals surface area contributed by atoms with Crippen LogP contribution in [0.4, 0.5) is 0 Å². The normalized spacial score (nSPS) is 15.1. The van der Waals surface area contributed by atoms with Crippen LogP contribution in [0.25, 0.3) is 11.1 Å². The summed E-state index contributed by atoms with van der Waals surface area (Å²) in [5.41, 5.74) is 2.71. The smallest absolute Gasteiger partial charge is 0.119 e. The third-order valence-corrected chi connectivity index (χ3v) is 8.06. The largest absolute Gasteiger partial charge is 0.497 e. The molecule has 0 N–H and O–H groups in total. The minimum Gasteiger partial charge on any atom is -0.497 e. The van der Waals surface area contributed by atoms with E-state index in [1.165, 1.54) is 26.0 Å². The summed E-state index contributed by atoms with van der Waals surface area (Å²) in [7, 11) is 0.188. The van der Waals surface area contributed by atoms with E-state index < -0.39 is 8.07 Å². The lowest BCUT2D eigenvalue weighted by atomic mass is 10.1. The summed E-state index contributed by atoms with van der Waals surface area (Å²) >= 11 is 3.70.